The van der Waals surface area contributed by atoms with E-state index in [2.05, 4.69) is 15.9 Å². The van der Waals surface area contributed by atoms with Gasteiger partial charge in [-0.1, -0.05) is 6.42 Å². The summed E-state index contributed by atoms with van der Waals surface area (Å²) in [6.07, 6.45) is 5.95. The van der Waals surface area contributed by atoms with Crippen molar-refractivity contribution in [2.75, 3.05) is 40.4 Å². The Labute approximate surface area is 145 Å². The van der Waals surface area contributed by atoms with Crippen LogP contribution < -0.4 is 9.47 Å². The number of piperazine rings is 1. The average molecular weight is 330 g/mol. The Kier molecular flexibility index (Phi) is 4.68. The normalized spacial score (nSPS) is 30.7. The summed E-state index contributed by atoms with van der Waals surface area (Å²) in [7, 11) is 3.47. The van der Waals surface area contributed by atoms with Gasteiger partial charge in [0.25, 0.3) is 0 Å². The maximum atomic E-state index is 5.53. The van der Waals surface area contributed by atoms with Crippen LogP contribution in [0.25, 0.3) is 0 Å². The van der Waals surface area contributed by atoms with Crippen molar-refractivity contribution in [1.29, 1.82) is 0 Å². The van der Waals surface area contributed by atoms with E-state index >= 15 is 0 Å². The van der Waals surface area contributed by atoms with E-state index in [-0.39, 0.29) is 0 Å². The van der Waals surface area contributed by atoms with Crippen molar-refractivity contribution in [1.82, 2.24) is 9.80 Å². The van der Waals surface area contributed by atoms with E-state index in [0.717, 1.165) is 49.0 Å². The van der Waals surface area contributed by atoms with E-state index in [9.17, 15) is 0 Å². The molecule has 0 spiro atoms. The second kappa shape index (κ2) is 6.93. The fourth-order valence-electron chi connectivity index (χ4n) is 5.16. The minimum atomic E-state index is 0.886. The van der Waals surface area contributed by atoms with E-state index in [0.29, 0.717) is 0 Å². The zero-order valence-corrected chi connectivity index (χ0v) is 15.0. The van der Waals surface area contributed by atoms with Crippen molar-refractivity contribution in [3.8, 4) is 11.5 Å². The van der Waals surface area contributed by atoms with Crippen molar-refractivity contribution in [2.45, 2.75) is 38.3 Å². The van der Waals surface area contributed by atoms with Gasteiger partial charge in [0.2, 0.25) is 0 Å². The predicted octanol–water partition coefficient (Wildman–Crippen LogP) is 3.01. The van der Waals surface area contributed by atoms with Crippen LogP contribution in [0.5, 0.6) is 11.5 Å². The number of hydrogen-bond donors (Lipinski definition) is 0. The van der Waals surface area contributed by atoms with Crippen molar-refractivity contribution < 1.29 is 9.47 Å². The van der Waals surface area contributed by atoms with Gasteiger partial charge >= 0.3 is 0 Å². The fourth-order valence-corrected chi connectivity index (χ4v) is 5.16. The molecule has 2 aliphatic carbocycles. The number of fused-ring (bicyclic) bond motifs is 2. The first-order valence-corrected chi connectivity index (χ1v) is 9.44. The lowest BCUT2D eigenvalue weighted by atomic mass is 9.93. The van der Waals surface area contributed by atoms with Crippen molar-refractivity contribution in [2.24, 2.45) is 11.8 Å². The van der Waals surface area contributed by atoms with Crippen LogP contribution in [-0.2, 0) is 6.54 Å². The molecule has 24 heavy (non-hydrogen) atoms. The van der Waals surface area contributed by atoms with Crippen LogP contribution in [0.1, 0.15) is 31.2 Å². The lowest BCUT2D eigenvalue weighted by Crippen LogP contribution is -2.51. The summed E-state index contributed by atoms with van der Waals surface area (Å²) >= 11 is 0. The second-order valence-corrected chi connectivity index (χ2v) is 7.73. The smallest absolute Gasteiger partial charge is 0.123 e. The molecule has 3 atom stereocenters. The monoisotopic (exact) mass is 330 g/mol. The van der Waals surface area contributed by atoms with Gasteiger partial charge in [0.05, 0.1) is 14.2 Å². The quantitative estimate of drug-likeness (QED) is 0.828. The van der Waals surface area contributed by atoms with E-state index in [1.54, 1.807) is 14.2 Å². The number of benzene rings is 1. The molecule has 4 rings (SSSR count). The maximum absolute atomic E-state index is 5.53. The summed E-state index contributed by atoms with van der Waals surface area (Å²) in [6, 6.07) is 6.98. The van der Waals surface area contributed by atoms with Crippen LogP contribution >= 0.6 is 0 Å². The Morgan fingerprint density at radius 3 is 2.46 bits per heavy atom. The molecule has 1 saturated heterocycles. The predicted molar refractivity (Wildman–Crippen MR) is 95.6 cm³/mol. The summed E-state index contributed by atoms with van der Waals surface area (Å²) in [5, 5.41) is 0. The van der Waals surface area contributed by atoms with Crippen molar-refractivity contribution >= 4 is 0 Å². The average Bonchev–Trinajstić information content (AvgIpc) is 3.25. The summed E-state index contributed by atoms with van der Waals surface area (Å²) in [6.45, 7) is 5.72. The maximum Gasteiger partial charge on any atom is 0.123 e. The van der Waals surface area contributed by atoms with Crippen molar-refractivity contribution in [3.63, 3.8) is 0 Å². The molecular formula is C20H30N2O2. The largest absolute Gasteiger partial charge is 0.497 e. The van der Waals surface area contributed by atoms with Gasteiger partial charge in [0.1, 0.15) is 11.5 Å². The summed E-state index contributed by atoms with van der Waals surface area (Å²) < 4.78 is 10.9. The summed E-state index contributed by atoms with van der Waals surface area (Å²) in [5.41, 5.74) is 1.23. The summed E-state index contributed by atoms with van der Waals surface area (Å²) in [4.78, 5) is 5.34. The highest BCUT2D eigenvalue weighted by Gasteiger charge is 2.42. The molecule has 132 valence electrons. The molecule has 4 nitrogen and oxygen atoms in total. The van der Waals surface area contributed by atoms with E-state index < -0.39 is 0 Å². The Morgan fingerprint density at radius 2 is 1.83 bits per heavy atom. The molecule has 1 heterocycles. The van der Waals surface area contributed by atoms with Gasteiger partial charge in [-0.15, -0.1) is 0 Å². The third-order valence-electron chi connectivity index (χ3n) is 6.46. The molecule has 4 heteroatoms. The lowest BCUT2D eigenvalue weighted by molar-refractivity contribution is 0.0676. The van der Waals surface area contributed by atoms with E-state index in [4.69, 9.17) is 9.47 Å². The van der Waals surface area contributed by atoms with Gasteiger partial charge in [-0.25, -0.2) is 0 Å². The first-order chi connectivity index (χ1) is 11.8. The van der Waals surface area contributed by atoms with Crippen LogP contribution in [0.4, 0.5) is 0 Å². The molecule has 2 bridgehead atoms. The second-order valence-electron chi connectivity index (χ2n) is 7.73. The first-order valence-electron chi connectivity index (χ1n) is 9.44. The Balaban J connectivity index is 1.35. The zero-order valence-electron chi connectivity index (χ0n) is 15.0. The van der Waals surface area contributed by atoms with Gasteiger partial charge in [0.15, 0.2) is 0 Å². The number of rotatable bonds is 5. The van der Waals surface area contributed by atoms with Crippen LogP contribution in [0.3, 0.4) is 0 Å². The molecule has 1 aromatic rings. The molecule has 0 unspecified atom stereocenters. The van der Waals surface area contributed by atoms with Crippen LogP contribution in [0.2, 0.25) is 0 Å². The number of hydrogen-bond acceptors (Lipinski definition) is 4. The van der Waals surface area contributed by atoms with Crippen LogP contribution in [-0.4, -0.2) is 56.2 Å². The minimum absolute atomic E-state index is 0.886. The van der Waals surface area contributed by atoms with Crippen LogP contribution in [0, 0.1) is 11.8 Å². The molecule has 3 aliphatic rings. The number of methoxy groups -OCH3 is 2. The molecule has 2 saturated carbocycles. The van der Waals surface area contributed by atoms with Crippen molar-refractivity contribution in [3.05, 3.63) is 23.8 Å². The molecule has 3 fully saturated rings. The van der Waals surface area contributed by atoms with E-state index in [1.165, 1.54) is 44.3 Å². The van der Waals surface area contributed by atoms with Gasteiger partial charge < -0.3 is 9.47 Å². The Bertz CT molecular complexity index is 569. The molecule has 0 amide bonds. The molecular weight excluding hydrogens is 300 g/mol. The van der Waals surface area contributed by atoms with Gasteiger partial charge in [-0.05, 0) is 49.3 Å². The molecule has 0 N–H and O–H groups in total. The third-order valence-corrected chi connectivity index (χ3v) is 6.46. The van der Waals surface area contributed by atoms with E-state index in [1.807, 2.05) is 12.1 Å². The topological polar surface area (TPSA) is 24.9 Å². The van der Waals surface area contributed by atoms with Crippen LogP contribution in [0.15, 0.2) is 18.2 Å². The lowest BCUT2D eigenvalue weighted by Gasteiger charge is -2.41. The zero-order chi connectivity index (χ0) is 16.5. The fraction of sp³-hybridized carbons (Fsp3) is 0.700. The first kappa shape index (κ1) is 16.2. The Morgan fingerprint density at radius 1 is 1.00 bits per heavy atom. The standard InChI is InChI=1S/C20H30N2O2/c1-23-18-5-6-20(24-2)17(13-18)14-21-7-9-22(10-8-21)19-12-15-3-4-16(19)11-15/h5-6,13,15-16,19H,3-4,7-12,14H2,1-2H3/t15-,16-,19-/m0/s1. The highest BCUT2D eigenvalue weighted by molar-refractivity contribution is 5.40. The summed E-state index contributed by atoms with van der Waals surface area (Å²) in [5.74, 6) is 3.91. The Hall–Kier alpha value is -1.26. The molecule has 1 aromatic carbocycles. The molecule has 0 radical (unpaired) electrons. The molecule has 1 aliphatic heterocycles. The molecule has 0 aromatic heterocycles. The number of nitrogens with zero attached hydrogens (tertiary/aromatic N) is 2. The van der Waals surface area contributed by atoms with Gasteiger partial charge in [0, 0.05) is 44.3 Å². The highest BCUT2D eigenvalue weighted by Crippen LogP contribution is 2.46. The highest BCUT2D eigenvalue weighted by atomic mass is 16.5. The third kappa shape index (κ3) is 3.14. The van der Waals surface area contributed by atoms with Gasteiger partial charge in [-0.3, -0.25) is 9.80 Å². The number of ether oxygens (including phenoxy) is 2. The minimum Gasteiger partial charge on any atom is -0.497 e. The SMILES string of the molecule is COc1ccc(OC)c(CN2CCN([C@H]3C[C@H]4CC[C@H]3C4)CC2)c1. The van der Waals surface area contributed by atoms with Gasteiger partial charge in [-0.2, -0.15) is 0 Å².